The summed E-state index contributed by atoms with van der Waals surface area (Å²) in [6.07, 6.45) is 1.96. The predicted molar refractivity (Wildman–Crippen MR) is 121 cm³/mol. The summed E-state index contributed by atoms with van der Waals surface area (Å²) >= 11 is 5.95. The van der Waals surface area contributed by atoms with Gasteiger partial charge in [-0.05, 0) is 53.8 Å². The number of nitrogens with two attached hydrogens (primary N) is 1. The zero-order chi connectivity index (χ0) is 20.3. The molecule has 156 valence electrons. The van der Waals surface area contributed by atoms with E-state index in [4.69, 9.17) is 17.3 Å². The molecule has 0 aromatic heterocycles. The summed E-state index contributed by atoms with van der Waals surface area (Å²) in [4.78, 5) is 26.6. The molecule has 3 rings (SSSR count). The lowest BCUT2D eigenvalue weighted by atomic mass is 9.98. The maximum atomic E-state index is 12.5. The number of benzene rings is 2. The van der Waals surface area contributed by atoms with Gasteiger partial charge in [-0.15, -0.1) is 12.4 Å². The summed E-state index contributed by atoms with van der Waals surface area (Å²) in [6, 6.07) is 12.6. The van der Waals surface area contributed by atoms with Crippen LogP contribution in [0.2, 0.25) is 5.02 Å². The Hall–Kier alpha value is -2.08. The molecule has 2 aromatic rings. The van der Waals surface area contributed by atoms with Crippen LogP contribution in [0.25, 0.3) is 0 Å². The summed E-state index contributed by atoms with van der Waals surface area (Å²) in [5, 5.41) is 3.58. The zero-order valence-electron chi connectivity index (χ0n) is 16.7. The molecule has 2 amide bonds. The fraction of sp³-hybridized carbons (Fsp3) is 0.364. The van der Waals surface area contributed by atoms with Crippen molar-refractivity contribution < 1.29 is 9.59 Å². The van der Waals surface area contributed by atoms with Crippen LogP contribution in [0.15, 0.2) is 42.5 Å². The molecule has 1 aliphatic rings. The van der Waals surface area contributed by atoms with Crippen LogP contribution in [0.3, 0.4) is 0 Å². The molecule has 0 spiro atoms. The Kier molecular flexibility index (Phi) is 8.08. The molecule has 2 unspecified atom stereocenters. The maximum Gasteiger partial charge on any atom is 0.241 e. The Morgan fingerprint density at radius 3 is 2.55 bits per heavy atom. The minimum atomic E-state index is -0.538. The van der Waals surface area contributed by atoms with Crippen molar-refractivity contribution in [3.05, 3.63) is 58.6 Å². The number of nitrogens with one attached hydrogen (secondary N) is 1. The second-order valence-corrected chi connectivity index (χ2v) is 7.79. The van der Waals surface area contributed by atoms with Crippen molar-refractivity contribution >= 4 is 47.2 Å². The molecule has 0 saturated carbocycles. The summed E-state index contributed by atoms with van der Waals surface area (Å²) in [7, 11) is 0. The van der Waals surface area contributed by atoms with Crippen LogP contribution in [0.5, 0.6) is 0 Å². The molecular weight excluding hydrogens is 409 g/mol. The van der Waals surface area contributed by atoms with Gasteiger partial charge in [0.1, 0.15) is 0 Å². The van der Waals surface area contributed by atoms with Crippen LogP contribution in [0, 0.1) is 5.92 Å². The summed E-state index contributed by atoms with van der Waals surface area (Å²) in [5.74, 6) is 0.0300. The molecule has 5 nitrogen and oxygen atoms in total. The Labute approximate surface area is 183 Å². The quantitative estimate of drug-likeness (QED) is 0.698. The molecule has 29 heavy (non-hydrogen) atoms. The van der Waals surface area contributed by atoms with E-state index in [1.165, 1.54) is 0 Å². The first-order chi connectivity index (χ1) is 13.4. The molecule has 7 heteroatoms. The molecule has 1 aliphatic heterocycles. The highest BCUT2D eigenvalue weighted by atomic mass is 35.5. The second-order valence-electron chi connectivity index (χ2n) is 7.35. The van der Waals surface area contributed by atoms with E-state index in [9.17, 15) is 9.59 Å². The molecule has 0 radical (unpaired) electrons. The third-order valence-corrected chi connectivity index (χ3v) is 5.61. The predicted octanol–water partition coefficient (Wildman–Crippen LogP) is 4.55. The number of rotatable bonds is 6. The maximum absolute atomic E-state index is 12.5. The SMILES string of the molecule is CCC(C)C(N)C(=O)Nc1ccc2c(c1)CCC(=O)N2Cc1ccc(Cl)cc1.Cl. The van der Waals surface area contributed by atoms with Crippen molar-refractivity contribution in [2.24, 2.45) is 11.7 Å². The van der Waals surface area contributed by atoms with Crippen molar-refractivity contribution in [1.29, 1.82) is 0 Å². The normalized spacial score (nSPS) is 15.2. The highest BCUT2D eigenvalue weighted by molar-refractivity contribution is 6.30. The topological polar surface area (TPSA) is 75.4 Å². The van der Waals surface area contributed by atoms with Gasteiger partial charge < -0.3 is 16.0 Å². The number of anilines is 2. The Balaban J connectivity index is 0.00000300. The highest BCUT2D eigenvalue weighted by Gasteiger charge is 2.25. The fourth-order valence-corrected chi connectivity index (χ4v) is 3.45. The summed E-state index contributed by atoms with van der Waals surface area (Å²) in [5.41, 5.74) is 9.68. The Morgan fingerprint density at radius 1 is 1.21 bits per heavy atom. The van der Waals surface area contributed by atoms with Crippen LogP contribution in [0.1, 0.15) is 37.8 Å². The molecular formula is C22H27Cl2N3O2. The fourth-order valence-electron chi connectivity index (χ4n) is 3.32. The largest absolute Gasteiger partial charge is 0.325 e. The minimum absolute atomic E-state index is 0. The van der Waals surface area contributed by atoms with E-state index in [-0.39, 0.29) is 30.1 Å². The number of fused-ring (bicyclic) bond motifs is 1. The molecule has 0 saturated heterocycles. The smallest absolute Gasteiger partial charge is 0.241 e. The van der Waals surface area contributed by atoms with Gasteiger partial charge in [0.05, 0.1) is 12.6 Å². The van der Waals surface area contributed by atoms with Gasteiger partial charge in [-0.2, -0.15) is 0 Å². The van der Waals surface area contributed by atoms with Crippen molar-refractivity contribution in [2.45, 2.75) is 45.7 Å². The number of hydrogen-bond acceptors (Lipinski definition) is 3. The monoisotopic (exact) mass is 435 g/mol. The van der Waals surface area contributed by atoms with Gasteiger partial charge in [-0.25, -0.2) is 0 Å². The van der Waals surface area contributed by atoms with Crippen LogP contribution >= 0.6 is 24.0 Å². The summed E-state index contributed by atoms with van der Waals surface area (Å²) in [6.45, 7) is 4.48. The van der Waals surface area contributed by atoms with Gasteiger partial charge in [-0.1, -0.05) is 44.0 Å². The molecule has 0 bridgehead atoms. The van der Waals surface area contributed by atoms with E-state index < -0.39 is 6.04 Å². The lowest BCUT2D eigenvalue weighted by Crippen LogP contribution is -2.40. The minimum Gasteiger partial charge on any atom is -0.325 e. The molecule has 1 heterocycles. The molecule has 2 atom stereocenters. The van der Waals surface area contributed by atoms with Gasteiger partial charge in [0.2, 0.25) is 11.8 Å². The second kappa shape index (κ2) is 10.1. The van der Waals surface area contributed by atoms with E-state index in [0.29, 0.717) is 30.1 Å². The van der Waals surface area contributed by atoms with Crippen LogP contribution in [-0.4, -0.2) is 17.9 Å². The average molecular weight is 436 g/mol. The van der Waals surface area contributed by atoms with Crippen molar-refractivity contribution in [3.63, 3.8) is 0 Å². The van der Waals surface area contributed by atoms with Crippen molar-refractivity contribution in [2.75, 3.05) is 10.2 Å². The van der Waals surface area contributed by atoms with Gasteiger partial charge in [0.25, 0.3) is 0 Å². The van der Waals surface area contributed by atoms with E-state index >= 15 is 0 Å². The molecule has 3 N–H and O–H groups in total. The number of carbonyl (C=O) groups is 2. The zero-order valence-corrected chi connectivity index (χ0v) is 18.2. The number of hydrogen-bond donors (Lipinski definition) is 2. The van der Waals surface area contributed by atoms with Crippen molar-refractivity contribution in [3.8, 4) is 0 Å². The van der Waals surface area contributed by atoms with Gasteiger partial charge >= 0.3 is 0 Å². The van der Waals surface area contributed by atoms with E-state index in [1.54, 1.807) is 4.90 Å². The Bertz CT molecular complexity index is 871. The highest BCUT2D eigenvalue weighted by Crippen LogP contribution is 2.32. The van der Waals surface area contributed by atoms with E-state index in [0.717, 1.165) is 23.2 Å². The van der Waals surface area contributed by atoms with Crippen LogP contribution in [-0.2, 0) is 22.6 Å². The number of carbonyl (C=O) groups excluding carboxylic acids is 2. The third kappa shape index (κ3) is 5.50. The lowest BCUT2D eigenvalue weighted by molar-refractivity contribution is -0.119. The van der Waals surface area contributed by atoms with Crippen LogP contribution < -0.4 is 16.0 Å². The Morgan fingerprint density at radius 2 is 1.90 bits per heavy atom. The number of nitrogens with zero attached hydrogens (tertiary/aromatic N) is 1. The molecule has 2 aromatic carbocycles. The molecule has 0 fully saturated rings. The van der Waals surface area contributed by atoms with Crippen LogP contribution in [0.4, 0.5) is 11.4 Å². The first kappa shape index (κ1) is 23.2. The van der Waals surface area contributed by atoms with Gasteiger partial charge in [-0.3, -0.25) is 9.59 Å². The number of aryl methyl sites for hydroxylation is 1. The van der Waals surface area contributed by atoms with E-state index in [2.05, 4.69) is 5.32 Å². The molecule has 0 aliphatic carbocycles. The number of halogens is 2. The third-order valence-electron chi connectivity index (χ3n) is 5.36. The van der Waals surface area contributed by atoms with Gasteiger partial charge in [0, 0.05) is 22.8 Å². The first-order valence-electron chi connectivity index (χ1n) is 9.63. The summed E-state index contributed by atoms with van der Waals surface area (Å²) < 4.78 is 0. The first-order valence-corrected chi connectivity index (χ1v) is 10.0. The van der Waals surface area contributed by atoms with E-state index in [1.807, 2.05) is 56.3 Å². The number of amides is 2. The van der Waals surface area contributed by atoms with Crippen molar-refractivity contribution in [1.82, 2.24) is 0 Å². The van der Waals surface area contributed by atoms with Gasteiger partial charge in [0.15, 0.2) is 0 Å². The lowest BCUT2D eigenvalue weighted by Gasteiger charge is -2.30. The average Bonchev–Trinajstić information content (AvgIpc) is 2.70. The standard InChI is InChI=1S/C22H26ClN3O2.ClH/c1-3-14(2)21(24)22(28)25-18-9-10-19-16(12-18)6-11-20(27)26(19)13-15-4-7-17(23)8-5-15;/h4-5,7-10,12,14,21H,3,6,11,13,24H2,1-2H3,(H,25,28);1H.